The Labute approximate surface area is 160 Å². The predicted molar refractivity (Wildman–Crippen MR) is 104 cm³/mol. The Kier molecular flexibility index (Phi) is 10.0. The van der Waals surface area contributed by atoms with Crippen molar-refractivity contribution in [3.63, 3.8) is 0 Å². The molecule has 2 heterocycles. The quantitative estimate of drug-likeness (QED) is 0.705. The Morgan fingerprint density at radius 2 is 2.24 bits per heavy atom. The summed E-state index contributed by atoms with van der Waals surface area (Å²) in [4.78, 5) is 29.5. The van der Waals surface area contributed by atoms with Crippen LogP contribution in [0.15, 0.2) is 17.5 Å². The van der Waals surface area contributed by atoms with Gasteiger partial charge in [-0.05, 0) is 44.8 Å². The molecule has 6 nitrogen and oxygen atoms in total. The first-order valence-electron chi connectivity index (χ1n) is 8.58. The first kappa shape index (κ1) is 21.9. The highest BCUT2D eigenvalue weighted by molar-refractivity contribution is 7.09. The molecule has 1 saturated heterocycles. The van der Waals surface area contributed by atoms with Crippen LogP contribution >= 0.6 is 23.7 Å². The summed E-state index contributed by atoms with van der Waals surface area (Å²) >= 11 is 1.61. The van der Waals surface area contributed by atoms with E-state index >= 15 is 0 Å². The van der Waals surface area contributed by atoms with Gasteiger partial charge in [0.05, 0.1) is 19.6 Å². The van der Waals surface area contributed by atoms with Gasteiger partial charge in [-0.25, -0.2) is 0 Å². The van der Waals surface area contributed by atoms with Gasteiger partial charge in [-0.3, -0.25) is 14.5 Å². The molecular formula is C17H29ClN4O2S. The zero-order chi connectivity index (χ0) is 17.4. The zero-order valence-electron chi connectivity index (χ0n) is 15.0. The first-order chi connectivity index (χ1) is 11.6. The standard InChI is InChI=1S/C17H28N4O2S.ClH/c1-3-21(12-16(22)19-10-15-7-5-9-24-15)17(23)13-20-8-4-6-14(11-20)18-2;/h5,7,9,14,18H,3-4,6,8,10-13H2,1-2H3,(H,19,22);1H. The van der Waals surface area contributed by atoms with Gasteiger partial charge >= 0.3 is 0 Å². The summed E-state index contributed by atoms with van der Waals surface area (Å²) in [5.74, 6) is -0.0779. The number of carbonyl (C=O) groups excluding carboxylic acids is 2. The number of piperidine rings is 1. The lowest BCUT2D eigenvalue weighted by Gasteiger charge is -2.33. The Morgan fingerprint density at radius 1 is 1.44 bits per heavy atom. The van der Waals surface area contributed by atoms with E-state index in [2.05, 4.69) is 15.5 Å². The minimum Gasteiger partial charge on any atom is -0.350 e. The van der Waals surface area contributed by atoms with Crippen molar-refractivity contribution in [3.05, 3.63) is 22.4 Å². The number of hydrogen-bond donors (Lipinski definition) is 2. The van der Waals surface area contributed by atoms with Gasteiger partial charge in [-0.2, -0.15) is 0 Å². The molecular weight excluding hydrogens is 360 g/mol. The summed E-state index contributed by atoms with van der Waals surface area (Å²) in [7, 11) is 1.96. The van der Waals surface area contributed by atoms with Crippen LogP contribution in [-0.2, 0) is 16.1 Å². The molecule has 0 spiro atoms. The van der Waals surface area contributed by atoms with E-state index in [1.54, 1.807) is 16.2 Å². The van der Waals surface area contributed by atoms with Gasteiger partial charge in [0.1, 0.15) is 0 Å². The zero-order valence-corrected chi connectivity index (χ0v) is 16.6. The third kappa shape index (κ3) is 7.32. The van der Waals surface area contributed by atoms with E-state index in [1.807, 2.05) is 31.5 Å². The maximum Gasteiger partial charge on any atom is 0.239 e. The van der Waals surface area contributed by atoms with Crippen LogP contribution in [0.1, 0.15) is 24.6 Å². The number of halogens is 1. The number of nitrogens with zero attached hydrogens (tertiary/aromatic N) is 2. The lowest BCUT2D eigenvalue weighted by atomic mass is 10.1. The maximum atomic E-state index is 12.5. The van der Waals surface area contributed by atoms with Gasteiger partial charge in [-0.1, -0.05) is 6.07 Å². The SMILES string of the molecule is CCN(CC(=O)NCc1cccs1)C(=O)CN1CCCC(NC)C1.Cl. The maximum absolute atomic E-state index is 12.5. The van der Waals surface area contributed by atoms with E-state index in [-0.39, 0.29) is 30.8 Å². The molecule has 1 aliphatic rings. The number of nitrogens with one attached hydrogen (secondary N) is 2. The van der Waals surface area contributed by atoms with E-state index in [0.29, 0.717) is 25.7 Å². The smallest absolute Gasteiger partial charge is 0.239 e. The molecule has 2 amide bonds. The second-order valence-corrected chi connectivity index (χ2v) is 7.16. The molecule has 2 N–H and O–H groups in total. The third-order valence-electron chi connectivity index (χ3n) is 4.38. The highest BCUT2D eigenvalue weighted by Gasteiger charge is 2.23. The summed E-state index contributed by atoms with van der Waals surface area (Å²) < 4.78 is 0. The third-order valence-corrected chi connectivity index (χ3v) is 5.26. The Bertz CT molecular complexity index is 527. The van der Waals surface area contributed by atoms with Crippen molar-refractivity contribution in [1.82, 2.24) is 20.4 Å². The minimum atomic E-state index is -0.106. The molecule has 0 aliphatic carbocycles. The summed E-state index contributed by atoms with van der Waals surface area (Å²) in [5, 5.41) is 8.15. The molecule has 8 heteroatoms. The second-order valence-electron chi connectivity index (χ2n) is 6.13. The van der Waals surface area contributed by atoms with Gasteiger partial charge in [0.25, 0.3) is 0 Å². The fourth-order valence-corrected chi connectivity index (χ4v) is 3.58. The van der Waals surface area contributed by atoms with Gasteiger partial charge in [0.2, 0.25) is 11.8 Å². The van der Waals surface area contributed by atoms with Crippen LogP contribution in [0, 0.1) is 0 Å². The van der Waals surface area contributed by atoms with Gasteiger partial charge < -0.3 is 15.5 Å². The number of thiophene rings is 1. The molecule has 1 fully saturated rings. The van der Waals surface area contributed by atoms with Gasteiger partial charge in [-0.15, -0.1) is 23.7 Å². The van der Waals surface area contributed by atoms with Crippen molar-refractivity contribution in [1.29, 1.82) is 0 Å². The summed E-state index contributed by atoms with van der Waals surface area (Å²) in [5.41, 5.74) is 0. The predicted octanol–water partition coefficient (Wildman–Crippen LogP) is 1.32. The summed E-state index contributed by atoms with van der Waals surface area (Å²) in [6, 6.07) is 4.41. The molecule has 0 saturated carbocycles. The lowest BCUT2D eigenvalue weighted by Crippen LogP contribution is -2.50. The number of likely N-dealkylation sites (tertiary alicyclic amines) is 1. The van der Waals surface area contributed by atoms with E-state index in [1.165, 1.54) is 0 Å². The van der Waals surface area contributed by atoms with Crippen LogP contribution in [0.5, 0.6) is 0 Å². The van der Waals surface area contributed by atoms with Gasteiger partial charge in [0.15, 0.2) is 0 Å². The van der Waals surface area contributed by atoms with E-state index in [0.717, 1.165) is 30.8 Å². The lowest BCUT2D eigenvalue weighted by molar-refractivity contribution is -0.137. The molecule has 0 aromatic carbocycles. The molecule has 0 radical (unpaired) electrons. The molecule has 1 aromatic heterocycles. The average Bonchev–Trinajstić information content (AvgIpc) is 3.11. The van der Waals surface area contributed by atoms with E-state index in [9.17, 15) is 9.59 Å². The number of carbonyl (C=O) groups is 2. The summed E-state index contributed by atoms with van der Waals surface area (Å²) in [6.45, 7) is 5.36. The van der Waals surface area contributed by atoms with Crippen molar-refractivity contribution in [2.24, 2.45) is 0 Å². The molecule has 2 rings (SSSR count). The number of hydrogen-bond acceptors (Lipinski definition) is 5. The van der Waals surface area contributed by atoms with Crippen molar-refractivity contribution >= 4 is 35.6 Å². The molecule has 0 bridgehead atoms. The van der Waals surface area contributed by atoms with Crippen LogP contribution in [0.4, 0.5) is 0 Å². The highest BCUT2D eigenvalue weighted by atomic mass is 35.5. The van der Waals surface area contributed by atoms with Crippen LogP contribution in [-0.4, -0.2) is 67.4 Å². The molecule has 142 valence electrons. The Hall–Kier alpha value is -1.15. The Balaban J connectivity index is 0.00000312. The molecule has 25 heavy (non-hydrogen) atoms. The second kappa shape index (κ2) is 11.5. The summed E-state index contributed by atoms with van der Waals surface area (Å²) in [6.07, 6.45) is 2.26. The van der Waals surface area contributed by atoms with Crippen LogP contribution in [0.2, 0.25) is 0 Å². The fourth-order valence-electron chi connectivity index (χ4n) is 2.93. The largest absolute Gasteiger partial charge is 0.350 e. The van der Waals surface area contributed by atoms with Crippen molar-refractivity contribution < 1.29 is 9.59 Å². The molecule has 1 aromatic rings. The number of likely N-dealkylation sites (N-methyl/N-ethyl adjacent to an activating group) is 2. The Morgan fingerprint density at radius 3 is 2.88 bits per heavy atom. The number of rotatable bonds is 8. The molecule has 1 atom stereocenters. The van der Waals surface area contributed by atoms with Gasteiger partial charge in [0, 0.05) is 24.0 Å². The van der Waals surface area contributed by atoms with E-state index in [4.69, 9.17) is 0 Å². The highest BCUT2D eigenvalue weighted by Crippen LogP contribution is 2.10. The van der Waals surface area contributed by atoms with Crippen LogP contribution in [0.25, 0.3) is 0 Å². The fraction of sp³-hybridized carbons (Fsp3) is 0.647. The van der Waals surface area contributed by atoms with Crippen LogP contribution in [0.3, 0.4) is 0 Å². The van der Waals surface area contributed by atoms with E-state index < -0.39 is 0 Å². The van der Waals surface area contributed by atoms with Crippen molar-refractivity contribution in [2.45, 2.75) is 32.4 Å². The van der Waals surface area contributed by atoms with Crippen molar-refractivity contribution in [2.75, 3.05) is 39.8 Å². The first-order valence-corrected chi connectivity index (χ1v) is 9.46. The normalized spacial score (nSPS) is 17.6. The van der Waals surface area contributed by atoms with Crippen LogP contribution < -0.4 is 10.6 Å². The molecule has 1 unspecified atom stereocenters. The van der Waals surface area contributed by atoms with Crippen molar-refractivity contribution in [3.8, 4) is 0 Å². The molecule has 1 aliphatic heterocycles. The topological polar surface area (TPSA) is 64.7 Å². The average molecular weight is 389 g/mol. The number of amides is 2. The minimum absolute atomic E-state index is 0. The monoisotopic (exact) mass is 388 g/mol.